The maximum absolute atomic E-state index is 14.9. The van der Waals surface area contributed by atoms with Gasteiger partial charge in [0.1, 0.15) is 40.5 Å². The lowest BCUT2D eigenvalue weighted by Crippen LogP contribution is -2.11. The van der Waals surface area contributed by atoms with Crippen LogP contribution in [0.5, 0.6) is 0 Å². The van der Waals surface area contributed by atoms with Crippen LogP contribution in [-0.2, 0) is 6.18 Å². The fraction of sp³-hybridized carbons (Fsp3) is 0.0714. The van der Waals surface area contributed by atoms with Crippen molar-refractivity contribution in [2.24, 2.45) is 0 Å². The zero-order valence-electron chi connectivity index (χ0n) is 19.1. The highest BCUT2D eigenvalue weighted by Gasteiger charge is 2.38. The van der Waals surface area contributed by atoms with E-state index >= 15 is 0 Å². The molecule has 38 heavy (non-hydrogen) atoms. The molecule has 0 unspecified atom stereocenters. The molecule has 0 radical (unpaired) electrons. The van der Waals surface area contributed by atoms with Crippen molar-refractivity contribution in [3.8, 4) is 33.4 Å². The normalized spacial score (nSPS) is 12.5. The molecule has 0 saturated carbocycles. The van der Waals surface area contributed by atoms with Gasteiger partial charge in [0.25, 0.3) is 0 Å². The summed E-state index contributed by atoms with van der Waals surface area (Å²) in [5.74, 6) is -9.17. The van der Waals surface area contributed by atoms with Crippen LogP contribution in [0.15, 0.2) is 72.6 Å². The predicted molar refractivity (Wildman–Crippen MR) is 122 cm³/mol. The van der Waals surface area contributed by atoms with E-state index in [1.807, 2.05) is 0 Å². The first-order chi connectivity index (χ1) is 17.8. The van der Waals surface area contributed by atoms with Crippen LogP contribution in [0.25, 0.3) is 39.2 Å². The Morgan fingerprint density at radius 3 is 1.32 bits per heavy atom. The predicted octanol–water partition coefficient (Wildman–Crippen LogP) is 10.0. The van der Waals surface area contributed by atoms with Crippen LogP contribution in [-0.4, -0.2) is 0 Å². The average Bonchev–Trinajstić information content (AvgIpc) is 2.81. The fourth-order valence-corrected chi connectivity index (χ4v) is 3.92. The Morgan fingerprint density at radius 1 is 0.526 bits per heavy atom. The van der Waals surface area contributed by atoms with Crippen molar-refractivity contribution in [1.29, 1.82) is 0 Å². The van der Waals surface area contributed by atoms with E-state index < -0.39 is 63.6 Å². The van der Waals surface area contributed by atoms with E-state index in [0.717, 1.165) is 43.3 Å². The molecule has 4 rings (SSSR count). The molecule has 0 saturated heterocycles. The summed E-state index contributed by atoms with van der Waals surface area (Å²) in [5.41, 5.74) is -3.60. The van der Waals surface area contributed by atoms with Crippen LogP contribution in [0.2, 0.25) is 0 Å². The molecular weight excluding hydrogens is 526 g/mol. The van der Waals surface area contributed by atoms with Crippen molar-refractivity contribution in [3.05, 3.63) is 113 Å². The van der Waals surface area contributed by atoms with Gasteiger partial charge in [-0.15, -0.1) is 0 Å². The number of halogens is 10. The quantitative estimate of drug-likeness (QED) is 0.226. The van der Waals surface area contributed by atoms with Gasteiger partial charge in [-0.2, -0.15) is 13.2 Å². The van der Waals surface area contributed by atoms with Gasteiger partial charge < -0.3 is 0 Å². The van der Waals surface area contributed by atoms with Crippen LogP contribution < -0.4 is 0 Å². The molecule has 196 valence electrons. The number of allylic oxidation sites excluding steroid dienone is 1. The number of hydrogen-bond acceptors (Lipinski definition) is 0. The van der Waals surface area contributed by atoms with E-state index in [1.165, 1.54) is 18.2 Å². The van der Waals surface area contributed by atoms with Crippen molar-refractivity contribution in [2.75, 3.05) is 0 Å². The van der Waals surface area contributed by atoms with Gasteiger partial charge in [-0.1, -0.05) is 36.4 Å². The zero-order chi connectivity index (χ0) is 27.9. The number of hydrogen-bond donors (Lipinski definition) is 0. The first kappa shape index (κ1) is 27.0. The summed E-state index contributed by atoms with van der Waals surface area (Å²) in [5, 5.41) is 0. The third kappa shape index (κ3) is 5.16. The third-order valence-electron chi connectivity index (χ3n) is 5.72. The van der Waals surface area contributed by atoms with Crippen LogP contribution in [0, 0.1) is 29.1 Å². The minimum atomic E-state index is -5.29. The summed E-state index contributed by atoms with van der Waals surface area (Å²) >= 11 is 0. The van der Waals surface area contributed by atoms with Crippen molar-refractivity contribution in [1.82, 2.24) is 0 Å². The van der Waals surface area contributed by atoms with Crippen LogP contribution in [0.1, 0.15) is 18.1 Å². The van der Waals surface area contributed by atoms with E-state index in [0.29, 0.717) is 12.1 Å². The van der Waals surface area contributed by atoms with Gasteiger partial charge in [-0.05, 0) is 53.9 Å². The first-order valence-corrected chi connectivity index (χ1v) is 10.8. The minimum Gasteiger partial charge on any atom is -0.209 e. The molecule has 0 amide bonds. The number of rotatable bonds is 4. The molecule has 0 aromatic heterocycles. The summed E-state index contributed by atoms with van der Waals surface area (Å²) < 4.78 is 137. The lowest BCUT2D eigenvalue weighted by Gasteiger charge is -2.13. The van der Waals surface area contributed by atoms with Gasteiger partial charge in [0.15, 0.2) is 5.83 Å². The van der Waals surface area contributed by atoms with Gasteiger partial charge in [0.2, 0.25) is 0 Å². The zero-order valence-corrected chi connectivity index (χ0v) is 19.1. The number of benzene rings is 4. The van der Waals surface area contributed by atoms with Crippen molar-refractivity contribution in [2.45, 2.75) is 13.1 Å². The van der Waals surface area contributed by atoms with E-state index in [2.05, 4.69) is 0 Å². The first-order valence-electron chi connectivity index (χ1n) is 10.8. The summed E-state index contributed by atoms with van der Waals surface area (Å²) in [6.07, 6.45) is -5.29. The van der Waals surface area contributed by atoms with Gasteiger partial charge in [0, 0.05) is 22.3 Å². The molecule has 0 N–H and O–H groups in total. The molecule has 0 atom stereocenters. The van der Waals surface area contributed by atoms with Gasteiger partial charge in [-0.25, -0.2) is 30.7 Å². The number of alkyl halides is 3. The van der Waals surface area contributed by atoms with E-state index in [9.17, 15) is 43.9 Å². The Balaban J connectivity index is 1.67. The summed E-state index contributed by atoms with van der Waals surface area (Å²) in [6, 6.07) is 10.2. The Kier molecular flexibility index (Phi) is 7.10. The van der Waals surface area contributed by atoms with E-state index in [-0.39, 0.29) is 27.8 Å². The van der Waals surface area contributed by atoms with Crippen LogP contribution in [0.3, 0.4) is 0 Å². The maximum atomic E-state index is 14.9. The molecule has 0 heterocycles. The summed E-state index contributed by atoms with van der Waals surface area (Å²) in [7, 11) is 0. The van der Waals surface area contributed by atoms with Gasteiger partial charge in [0.05, 0.1) is 0 Å². The van der Waals surface area contributed by atoms with Crippen molar-refractivity contribution in [3.63, 3.8) is 0 Å². The maximum Gasteiger partial charge on any atom is 0.422 e. The second-order valence-electron chi connectivity index (χ2n) is 8.24. The molecule has 4 aromatic carbocycles. The highest BCUT2D eigenvalue weighted by molar-refractivity contribution is 5.75. The molecule has 0 aliphatic heterocycles. The Bertz CT molecular complexity index is 1550. The lowest BCUT2D eigenvalue weighted by molar-refractivity contribution is -0.142. The highest BCUT2D eigenvalue weighted by Crippen LogP contribution is 2.38. The van der Waals surface area contributed by atoms with Crippen molar-refractivity contribution < 1.29 is 43.9 Å². The smallest absolute Gasteiger partial charge is 0.209 e. The summed E-state index contributed by atoms with van der Waals surface area (Å²) in [4.78, 5) is 0. The molecule has 0 fully saturated rings. The molecular formula is C28H14F10. The molecule has 4 aromatic rings. The Morgan fingerprint density at radius 2 is 0.921 bits per heavy atom. The third-order valence-corrected chi connectivity index (χ3v) is 5.72. The lowest BCUT2D eigenvalue weighted by atomic mass is 9.96. The summed E-state index contributed by atoms with van der Waals surface area (Å²) in [6.45, 7) is 0.866. The molecule has 0 spiro atoms. The van der Waals surface area contributed by atoms with E-state index in [4.69, 9.17) is 0 Å². The van der Waals surface area contributed by atoms with Gasteiger partial charge >= 0.3 is 6.18 Å². The fourth-order valence-electron chi connectivity index (χ4n) is 3.92. The Labute approximate surface area is 209 Å². The standard InChI is InChI=1S/C28H14F10/c1-13(29)27(35)16-4-7-19(23(32)10-16)14-2-5-18(21(30)8-14)15-3-6-20(22(31)9-15)17-11-24(33)26(25(34)12-17)28(36,37)38/h2-12H,1H3/b27-13+. The molecule has 0 aliphatic rings. The molecule has 0 aliphatic carbocycles. The second kappa shape index (κ2) is 10.00. The minimum absolute atomic E-state index is 0.0235. The monoisotopic (exact) mass is 540 g/mol. The average molecular weight is 540 g/mol. The highest BCUT2D eigenvalue weighted by atomic mass is 19.4. The Hall–Kier alpha value is -4.08. The molecule has 0 bridgehead atoms. The molecule has 0 nitrogen and oxygen atoms in total. The van der Waals surface area contributed by atoms with Gasteiger partial charge in [-0.3, -0.25) is 0 Å². The topological polar surface area (TPSA) is 0 Å². The SMILES string of the molecule is C/C(F)=C(\F)c1ccc(-c2ccc(-c3ccc(-c4cc(F)c(C(F)(F)F)c(F)c4)c(F)c3)c(F)c2)c(F)c1. The van der Waals surface area contributed by atoms with Crippen LogP contribution in [0.4, 0.5) is 43.9 Å². The second-order valence-corrected chi connectivity index (χ2v) is 8.24. The largest absolute Gasteiger partial charge is 0.422 e. The van der Waals surface area contributed by atoms with Crippen LogP contribution >= 0.6 is 0 Å². The van der Waals surface area contributed by atoms with E-state index in [1.54, 1.807) is 0 Å². The molecule has 10 heteroatoms. The van der Waals surface area contributed by atoms with Crippen molar-refractivity contribution >= 4 is 5.83 Å².